The molecule has 31 heavy (non-hydrogen) atoms. The largest absolute Gasteiger partial charge is 0.490 e. The van der Waals surface area contributed by atoms with Gasteiger partial charge in [-0.1, -0.05) is 39.0 Å². The molecular formula is C28H39NO2. The number of carbonyl (C=O) groups excluding carboxylic acids is 1. The monoisotopic (exact) mass is 421 g/mol. The molecule has 0 N–H and O–H groups in total. The zero-order valence-electron chi connectivity index (χ0n) is 19.6. The van der Waals surface area contributed by atoms with Crippen molar-refractivity contribution in [3.05, 3.63) is 42.0 Å². The summed E-state index contributed by atoms with van der Waals surface area (Å²) in [6.07, 6.45) is 9.54. The number of hydrogen-bond donors (Lipinski definition) is 0. The van der Waals surface area contributed by atoms with Crippen molar-refractivity contribution < 1.29 is 9.53 Å². The van der Waals surface area contributed by atoms with Crippen molar-refractivity contribution in [1.82, 2.24) is 4.90 Å². The van der Waals surface area contributed by atoms with Gasteiger partial charge in [0.2, 0.25) is 0 Å². The highest BCUT2D eigenvalue weighted by atomic mass is 16.5. The number of carbonyl (C=O) groups is 1. The number of rotatable bonds is 5. The first-order valence-corrected chi connectivity index (χ1v) is 12.3. The molecule has 0 bridgehead atoms. The minimum atomic E-state index is 0.253. The Morgan fingerprint density at radius 1 is 0.935 bits per heavy atom. The lowest BCUT2D eigenvalue weighted by atomic mass is 9.72. The lowest BCUT2D eigenvalue weighted by Crippen LogP contribution is -2.30. The molecule has 1 aliphatic carbocycles. The molecule has 2 fully saturated rings. The lowest BCUT2D eigenvalue weighted by molar-refractivity contribution is -0.111. The van der Waals surface area contributed by atoms with Crippen molar-refractivity contribution in [2.45, 2.75) is 78.4 Å². The maximum absolute atomic E-state index is 11.1. The zero-order chi connectivity index (χ0) is 21.8. The fourth-order valence-electron chi connectivity index (χ4n) is 5.42. The van der Waals surface area contributed by atoms with E-state index in [0.717, 1.165) is 56.9 Å². The second kappa shape index (κ2) is 9.73. The minimum Gasteiger partial charge on any atom is -0.490 e. The van der Waals surface area contributed by atoms with E-state index in [-0.39, 0.29) is 5.92 Å². The number of benzene rings is 2. The van der Waals surface area contributed by atoms with E-state index in [9.17, 15) is 4.79 Å². The molecule has 4 rings (SSSR count). The van der Waals surface area contributed by atoms with Crippen LogP contribution in [-0.2, 0) is 11.3 Å². The molecule has 2 aromatic carbocycles. The Labute approximate surface area is 188 Å². The average Bonchev–Trinajstić information content (AvgIpc) is 2.98. The van der Waals surface area contributed by atoms with Gasteiger partial charge in [-0.2, -0.15) is 0 Å². The zero-order valence-corrected chi connectivity index (χ0v) is 19.6. The van der Waals surface area contributed by atoms with Crippen LogP contribution in [0.4, 0.5) is 0 Å². The van der Waals surface area contributed by atoms with Gasteiger partial charge >= 0.3 is 0 Å². The molecule has 0 aromatic heterocycles. The van der Waals surface area contributed by atoms with Crippen LogP contribution < -0.4 is 4.74 Å². The third-order valence-corrected chi connectivity index (χ3v) is 7.54. The van der Waals surface area contributed by atoms with Crippen LogP contribution in [0.15, 0.2) is 36.4 Å². The van der Waals surface area contributed by atoms with Crippen LogP contribution in [0.25, 0.3) is 10.8 Å². The summed E-state index contributed by atoms with van der Waals surface area (Å²) in [4.78, 5) is 13.6. The molecule has 0 radical (unpaired) electrons. The maximum atomic E-state index is 11.1. The summed E-state index contributed by atoms with van der Waals surface area (Å²) < 4.78 is 6.37. The van der Waals surface area contributed by atoms with E-state index in [2.05, 4.69) is 62.1 Å². The van der Waals surface area contributed by atoms with Gasteiger partial charge < -0.3 is 9.53 Å². The van der Waals surface area contributed by atoms with Gasteiger partial charge in [0, 0.05) is 12.5 Å². The molecule has 0 amide bonds. The van der Waals surface area contributed by atoms with Crippen LogP contribution in [0.2, 0.25) is 0 Å². The van der Waals surface area contributed by atoms with E-state index < -0.39 is 0 Å². The first kappa shape index (κ1) is 22.3. The Hall–Kier alpha value is -1.87. The van der Waals surface area contributed by atoms with Crippen LogP contribution in [0.1, 0.15) is 71.3 Å². The molecule has 2 aliphatic rings. The van der Waals surface area contributed by atoms with Crippen LogP contribution in [0, 0.1) is 17.3 Å². The molecule has 3 nitrogen and oxygen atoms in total. The molecule has 3 heteroatoms. The van der Waals surface area contributed by atoms with Crippen LogP contribution in [0.5, 0.6) is 5.75 Å². The smallest absolute Gasteiger partial charge is 0.123 e. The fraction of sp³-hybridized carbons (Fsp3) is 0.607. The third kappa shape index (κ3) is 5.88. The summed E-state index contributed by atoms with van der Waals surface area (Å²) >= 11 is 0. The molecule has 1 unspecified atom stereocenters. The first-order chi connectivity index (χ1) is 14.9. The van der Waals surface area contributed by atoms with E-state index >= 15 is 0 Å². The normalized spacial score (nSPS) is 25.8. The molecule has 1 aliphatic heterocycles. The summed E-state index contributed by atoms with van der Waals surface area (Å²) in [6.45, 7) is 10.2. The third-order valence-electron chi connectivity index (χ3n) is 7.54. The Morgan fingerprint density at radius 2 is 1.68 bits per heavy atom. The number of ether oxygens (including phenoxy) is 1. The van der Waals surface area contributed by atoms with E-state index in [1.54, 1.807) is 0 Å². The molecular weight excluding hydrogens is 382 g/mol. The van der Waals surface area contributed by atoms with Gasteiger partial charge in [-0.3, -0.25) is 4.90 Å². The summed E-state index contributed by atoms with van der Waals surface area (Å²) in [5.74, 6) is 2.08. The predicted octanol–water partition coefficient (Wildman–Crippen LogP) is 6.62. The summed E-state index contributed by atoms with van der Waals surface area (Å²) in [6, 6.07) is 13.4. The van der Waals surface area contributed by atoms with Gasteiger partial charge in [0.05, 0.1) is 6.10 Å². The van der Waals surface area contributed by atoms with Crippen molar-refractivity contribution in [3.63, 3.8) is 0 Å². The lowest BCUT2D eigenvalue weighted by Gasteiger charge is -2.37. The van der Waals surface area contributed by atoms with E-state index in [4.69, 9.17) is 4.74 Å². The number of nitrogens with zero attached hydrogens (tertiary/aromatic N) is 1. The standard InChI is InChI=1S/C28H39NO2/c1-28(2,3)25-9-12-26(13-10-25)31-27-11-8-23-17-22(6-7-24(23)18-27)19-29-15-4-5-21(20-30)14-16-29/h6-8,11,17-18,20-21,25-26H,4-5,9-10,12-16,19H2,1-3H3. The van der Waals surface area contributed by atoms with Gasteiger partial charge in [0.15, 0.2) is 0 Å². The van der Waals surface area contributed by atoms with Gasteiger partial charge in [-0.05, 0) is 104 Å². The second-order valence-electron chi connectivity index (χ2n) is 10.9. The number of aldehydes is 1. The molecule has 1 saturated heterocycles. The van der Waals surface area contributed by atoms with Crippen molar-refractivity contribution in [2.75, 3.05) is 13.1 Å². The van der Waals surface area contributed by atoms with Crippen molar-refractivity contribution in [3.8, 4) is 5.75 Å². The van der Waals surface area contributed by atoms with E-state index in [0.29, 0.717) is 11.5 Å². The molecule has 0 spiro atoms. The van der Waals surface area contributed by atoms with Crippen LogP contribution in [-0.4, -0.2) is 30.4 Å². The summed E-state index contributed by atoms with van der Waals surface area (Å²) in [5, 5.41) is 2.53. The summed E-state index contributed by atoms with van der Waals surface area (Å²) in [5.41, 5.74) is 1.76. The second-order valence-corrected chi connectivity index (χ2v) is 10.9. The molecule has 2 aromatic rings. The SMILES string of the molecule is CC(C)(C)C1CCC(Oc2ccc3cc(CN4CCCC(C=O)CC4)ccc3c2)CC1. The highest BCUT2D eigenvalue weighted by Gasteiger charge is 2.30. The van der Waals surface area contributed by atoms with Gasteiger partial charge in [-0.25, -0.2) is 0 Å². The number of hydrogen-bond acceptors (Lipinski definition) is 3. The van der Waals surface area contributed by atoms with E-state index in [1.807, 2.05) is 0 Å². The molecule has 1 saturated carbocycles. The molecule has 1 heterocycles. The fourth-order valence-corrected chi connectivity index (χ4v) is 5.42. The summed E-state index contributed by atoms with van der Waals surface area (Å²) in [7, 11) is 0. The average molecular weight is 422 g/mol. The Kier molecular flexibility index (Phi) is 7.01. The quantitative estimate of drug-likeness (QED) is 0.508. The van der Waals surface area contributed by atoms with Crippen molar-refractivity contribution in [2.24, 2.45) is 17.3 Å². The van der Waals surface area contributed by atoms with E-state index in [1.165, 1.54) is 42.0 Å². The Bertz CT molecular complexity index is 876. The van der Waals surface area contributed by atoms with Gasteiger partial charge in [-0.15, -0.1) is 0 Å². The first-order valence-electron chi connectivity index (χ1n) is 12.3. The Balaban J connectivity index is 1.35. The van der Waals surface area contributed by atoms with Crippen LogP contribution in [0.3, 0.4) is 0 Å². The van der Waals surface area contributed by atoms with Crippen molar-refractivity contribution in [1.29, 1.82) is 0 Å². The molecule has 168 valence electrons. The van der Waals surface area contributed by atoms with Crippen molar-refractivity contribution >= 4 is 17.1 Å². The number of likely N-dealkylation sites (tertiary alicyclic amines) is 1. The topological polar surface area (TPSA) is 29.5 Å². The van der Waals surface area contributed by atoms with Gasteiger partial charge in [0.1, 0.15) is 12.0 Å². The molecule has 1 atom stereocenters. The highest BCUT2D eigenvalue weighted by Crippen LogP contribution is 2.39. The Morgan fingerprint density at radius 3 is 2.42 bits per heavy atom. The van der Waals surface area contributed by atoms with Gasteiger partial charge in [0.25, 0.3) is 0 Å². The minimum absolute atomic E-state index is 0.253. The predicted molar refractivity (Wildman–Crippen MR) is 128 cm³/mol. The van der Waals surface area contributed by atoms with Crippen LogP contribution >= 0.6 is 0 Å². The highest BCUT2D eigenvalue weighted by molar-refractivity contribution is 5.84. The number of fused-ring (bicyclic) bond motifs is 1. The maximum Gasteiger partial charge on any atom is 0.123 e.